The number of amides is 2. The van der Waals surface area contributed by atoms with E-state index in [0.29, 0.717) is 5.92 Å². The van der Waals surface area contributed by atoms with Gasteiger partial charge in [0, 0.05) is 43.6 Å². The third-order valence-corrected chi connectivity index (χ3v) is 5.64. The summed E-state index contributed by atoms with van der Waals surface area (Å²) in [5, 5.41) is 10.6. The van der Waals surface area contributed by atoms with Crippen molar-refractivity contribution < 1.29 is 4.79 Å². The molecule has 1 aromatic carbocycles. The van der Waals surface area contributed by atoms with Crippen molar-refractivity contribution in [3.8, 4) is 0 Å². The van der Waals surface area contributed by atoms with Crippen molar-refractivity contribution in [3.05, 3.63) is 47.8 Å². The van der Waals surface area contributed by atoms with E-state index in [9.17, 15) is 4.79 Å². The Morgan fingerprint density at radius 3 is 2.96 bits per heavy atom. The van der Waals surface area contributed by atoms with Crippen LogP contribution in [0.2, 0.25) is 0 Å². The quantitative estimate of drug-likeness (QED) is 0.888. The highest BCUT2D eigenvalue weighted by molar-refractivity contribution is 5.74. The van der Waals surface area contributed by atoms with Crippen LogP contribution in [-0.2, 0) is 13.5 Å². The normalized spacial score (nSPS) is 22.1. The van der Waals surface area contributed by atoms with Gasteiger partial charge < -0.3 is 15.5 Å². The first-order chi connectivity index (χ1) is 12.7. The molecule has 1 saturated heterocycles. The summed E-state index contributed by atoms with van der Waals surface area (Å²) in [6.45, 7) is 2.78. The molecule has 4 rings (SSSR count). The van der Waals surface area contributed by atoms with Crippen LogP contribution in [-0.4, -0.2) is 35.4 Å². The van der Waals surface area contributed by atoms with Crippen LogP contribution < -0.4 is 15.5 Å². The SMILES string of the molecule is Cn1ncc2c1CCCC2NC(=O)NCC1CCN(c2ccccc2)C1. The molecule has 2 atom stereocenters. The molecule has 0 spiro atoms. The summed E-state index contributed by atoms with van der Waals surface area (Å²) in [4.78, 5) is 14.8. The number of carbonyl (C=O) groups is 1. The van der Waals surface area contributed by atoms with Gasteiger partial charge in [0.25, 0.3) is 0 Å². The Bertz CT molecular complexity index is 757. The van der Waals surface area contributed by atoms with E-state index in [2.05, 4.69) is 44.9 Å². The van der Waals surface area contributed by atoms with Gasteiger partial charge in [0.05, 0.1) is 12.2 Å². The number of aryl methyl sites for hydroxylation is 1. The van der Waals surface area contributed by atoms with Crippen LogP contribution in [0, 0.1) is 5.92 Å². The van der Waals surface area contributed by atoms with Crippen LogP contribution in [0.4, 0.5) is 10.5 Å². The number of hydrogen-bond donors (Lipinski definition) is 2. The first kappa shape index (κ1) is 16.9. The highest BCUT2D eigenvalue weighted by Crippen LogP contribution is 2.29. The number of carbonyl (C=O) groups excluding carboxylic acids is 1. The third kappa shape index (κ3) is 3.54. The Morgan fingerprint density at radius 2 is 2.12 bits per heavy atom. The summed E-state index contributed by atoms with van der Waals surface area (Å²) in [5.74, 6) is 0.501. The number of fused-ring (bicyclic) bond motifs is 1. The standard InChI is InChI=1S/C20H27N5O/c1-24-19-9-5-8-18(17(19)13-22-24)23-20(26)21-12-15-10-11-25(14-15)16-6-3-2-4-7-16/h2-4,6-7,13,15,18H,5,8-12,14H2,1H3,(H2,21,23,26). The zero-order valence-electron chi connectivity index (χ0n) is 15.3. The second-order valence-corrected chi connectivity index (χ2v) is 7.41. The van der Waals surface area contributed by atoms with Gasteiger partial charge in [-0.3, -0.25) is 4.68 Å². The number of hydrogen-bond acceptors (Lipinski definition) is 3. The van der Waals surface area contributed by atoms with E-state index in [-0.39, 0.29) is 12.1 Å². The predicted molar refractivity (Wildman–Crippen MR) is 102 cm³/mol. The lowest BCUT2D eigenvalue weighted by atomic mass is 9.93. The van der Waals surface area contributed by atoms with Gasteiger partial charge in [0.2, 0.25) is 0 Å². The summed E-state index contributed by atoms with van der Waals surface area (Å²) in [7, 11) is 1.97. The minimum Gasteiger partial charge on any atom is -0.371 e. The molecule has 26 heavy (non-hydrogen) atoms. The Morgan fingerprint density at radius 1 is 1.27 bits per heavy atom. The van der Waals surface area contributed by atoms with Gasteiger partial charge in [0.15, 0.2) is 0 Å². The molecule has 6 heteroatoms. The molecule has 2 unspecified atom stereocenters. The van der Waals surface area contributed by atoms with Gasteiger partial charge in [0.1, 0.15) is 0 Å². The average Bonchev–Trinajstić information content (AvgIpc) is 3.29. The molecule has 0 bridgehead atoms. The molecule has 2 amide bonds. The van der Waals surface area contributed by atoms with Gasteiger partial charge in [-0.05, 0) is 43.7 Å². The summed E-state index contributed by atoms with van der Waals surface area (Å²) >= 11 is 0. The molecule has 0 radical (unpaired) electrons. The monoisotopic (exact) mass is 353 g/mol. The Balaban J connectivity index is 1.26. The first-order valence-corrected chi connectivity index (χ1v) is 9.56. The van der Waals surface area contributed by atoms with Crippen molar-refractivity contribution in [1.82, 2.24) is 20.4 Å². The van der Waals surface area contributed by atoms with Crippen molar-refractivity contribution >= 4 is 11.7 Å². The summed E-state index contributed by atoms with van der Waals surface area (Å²) in [6, 6.07) is 10.5. The van der Waals surface area contributed by atoms with Crippen molar-refractivity contribution in [3.63, 3.8) is 0 Å². The lowest BCUT2D eigenvalue weighted by Gasteiger charge is -2.24. The molecule has 1 fully saturated rings. The van der Waals surface area contributed by atoms with E-state index in [1.807, 2.05) is 24.0 Å². The highest BCUT2D eigenvalue weighted by atomic mass is 16.2. The summed E-state index contributed by atoms with van der Waals surface area (Å²) in [5.41, 5.74) is 3.69. The number of anilines is 1. The molecule has 2 aliphatic rings. The fourth-order valence-electron chi connectivity index (χ4n) is 4.18. The van der Waals surface area contributed by atoms with Crippen molar-refractivity contribution in [1.29, 1.82) is 0 Å². The molecular weight excluding hydrogens is 326 g/mol. The maximum atomic E-state index is 12.4. The molecule has 6 nitrogen and oxygen atoms in total. The number of nitrogens with one attached hydrogen (secondary N) is 2. The van der Waals surface area contributed by atoms with Crippen molar-refractivity contribution in [2.75, 3.05) is 24.5 Å². The minimum absolute atomic E-state index is 0.0649. The van der Waals surface area contributed by atoms with E-state index in [0.717, 1.165) is 45.3 Å². The van der Waals surface area contributed by atoms with Crippen LogP contribution in [0.15, 0.2) is 36.5 Å². The van der Waals surface area contributed by atoms with Gasteiger partial charge in [-0.15, -0.1) is 0 Å². The molecule has 1 aromatic heterocycles. The molecule has 1 aliphatic carbocycles. The topological polar surface area (TPSA) is 62.2 Å². The first-order valence-electron chi connectivity index (χ1n) is 9.56. The maximum Gasteiger partial charge on any atom is 0.315 e. The van der Waals surface area contributed by atoms with Crippen LogP contribution in [0.25, 0.3) is 0 Å². The third-order valence-electron chi connectivity index (χ3n) is 5.64. The minimum atomic E-state index is -0.0649. The number of benzene rings is 1. The maximum absolute atomic E-state index is 12.4. The van der Waals surface area contributed by atoms with E-state index in [1.54, 1.807) is 0 Å². The van der Waals surface area contributed by atoms with Crippen LogP contribution in [0.1, 0.15) is 36.6 Å². The largest absolute Gasteiger partial charge is 0.371 e. The number of nitrogens with zero attached hydrogens (tertiary/aromatic N) is 3. The molecule has 138 valence electrons. The average molecular weight is 353 g/mol. The molecular formula is C20H27N5O. The number of rotatable bonds is 4. The van der Waals surface area contributed by atoms with Crippen LogP contribution in [0.3, 0.4) is 0 Å². The van der Waals surface area contributed by atoms with Crippen molar-refractivity contribution in [2.24, 2.45) is 13.0 Å². The smallest absolute Gasteiger partial charge is 0.315 e. The fraction of sp³-hybridized carbons (Fsp3) is 0.500. The second kappa shape index (κ2) is 7.40. The highest BCUT2D eigenvalue weighted by Gasteiger charge is 2.26. The van der Waals surface area contributed by atoms with E-state index < -0.39 is 0 Å². The van der Waals surface area contributed by atoms with Crippen LogP contribution in [0.5, 0.6) is 0 Å². The Hall–Kier alpha value is -2.50. The Kier molecular flexibility index (Phi) is 4.82. The summed E-state index contributed by atoms with van der Waals surface area (Å²) < 4.78 is 1.93. The number of urea groups is 1. The molecule has 1 aliphatic heterocycles. The molecule has 2 aromatic rings. The molecule has 2 N–H and O–H groups in total. The number of para-hydroxylation sites is 1. The van der Waals surface area contributed by atoms with Crippen LogP contribution >= 0.6 is 0 Å². The lowest BCUT2D eigenvalue weighted by molar-refractivity contribution is 0.234. The van der Waals surface area contributed by atoms with Crippen molar-refractivity contribution in [2.45, 2.75) is 31.7 Å². The van der Waals surface area contributed by atoms with E-state index in [4.69, 9.17) is 0 Å². The zero-order chi connectivity index (χ0) is 17.9. The number of aromatic nitrogens is 2. The lowest BCUT2D eigenvalue weighted by Crippen LogP contribution is -2.41. The zero-order valence-corrected chi connectivity index (χ0v) is 15.3. The van der Waals surface area contributed by atoms with Gasteiger partial charge in [-0.25, -0.2) is 4.79 Å². The van der Waals surface area contributed by atoms with Gasteiger partial charge in [-0.2, -0.15) is 5.10 Å². The van der Waals surface area contributed by atoms with E-state index >= 15 is 0 Å². The van der Waals surface area contributed by atoms with Gasteiger partial charge in [-0.1, -0.05) is 18.2 Å². The predicted octanol–water partition coefficient (Wildman–Crippen LogP) is 2.62. The van der Waals surface area contributed by atoms with Gasteiger partial charge >= 0.3 is 6.03 Å². The molecule has 2 heterocycles. The Labute approximate surface area is 154 Å². The van der Waals surface area contributed by atoms with E-state index in [1.165, 1.54) is 16.9 Å². The fourth-order valence-corrected chi connectivity index (χ4v) is 4.18. The summed E-state index contributed by atoms with van der Waals surface area (Å²) in [6.07, 6.45) is 6.13. The second-order valence-electron chi connectivity index (χ2n) is 7.41. The molecule has 0 saturated carbocycles.